The highest BCUT2D eigenvalue weighted by Gasteiger charge is 2.26. The average molecular weight is 283 g/mol. The summed E-state index contributed by atoms with van der Waals surface area (Å²) in [6.07, 6.45) is 11.8. The smallest absolute Gasteiger partial charge is 0.0669 e. The Morgan fingerprint density at radius 3 is 2.35 bits per heavy atom. The minimum absolute atomic E-state index is 0.173. The molecule has 3 nitrogen and oxygen atoms in total. The first-order valence-corrected chi connectivity index (χ1v) is 8.75. The molecule has 2 fully saturated rings. The zero-order valence-electron chi connectivity index (χ0n) is 13.1. The van der Waals surface area contributed by atoms with Crippen LogP contribution in [0.3, 0.4) is 0 Å². The fourth-order valence-corrected chi connectivity index (χ4v) is 4.11. The van der Waals surface area contributed by atoms with Crippen LogP contribution >= 0.6 is 0 Å². The van der Waals surface area contributed by atoms with Crippen molar-refractivity contribution in [2.45, 2.75) is 89.4 Å². The van der Waals surface area contributed by atoms with E-state index in [1.165, 1.54) is 51.4 Å². The number of hydrogen-bond acceptors (Lipinski definition) is 3. The molecule has 2 rings (SSSR count). The molecule has 0 amide bonds. The molecule has 0 aromatic rings. The number of aliphatic hydroxyl groups excluding tert-OH is 2. The van der Waals surface area contributed by atoms with Crippen LogP contribution in [0.4, 0.5) is 0 Å². The molecular formula is C17H33NO2. The lowest BCUT2D eigenvalue weighted by atomic mass is 9.98. The van der Waals surface area contributed by atoms with Crippen LogP contribution in [-0.4, -0.2) is 46.5 Å². The Balaban J connectivity index is 1.82. The van der Waals surface area contributed by atoms with E-state index in [2.05, 4.69) is 4.90 Å². The molecule has 20 heavy (non-hydrogen) atoms. The van der Waals surface area contributed by atoms with Gasteiger partial charge in [-0.15, -0.1) is 0 Å². The topological polar surface area (TPSA) is 43.7 Å². The van der Waals surface area contributed by atoms with Gasteiger partial charge in [-0.1, -0.05) is 38.5 Å². The summed E-state index contributed by atoms with van der Waals surface area (Å²) in [5, 5.41) is 20.1. The van der Waals surface area contributed by atoms with Crippen molar-refractivity contribution >= 4 is 0 Å². The summed E-state index contributed by atoms with van der Waals surface area (Å²) in [5.41, 5.74) is 0. The molecule has 2 aliphatic rings. The molecule has 0 aromatic carbocycles. The maximum atomic E-state index is 10.4. The zero-order chi connectivity index (χ0) is 14.4. The fourth-order valence-electron chi connectivity index (χ4n) is 4.11. The molecule has 0 aromatic heterocycles. The minimum Gasteiger partial charge on any atom is -0.393 e. The summed E-state index contributed by atoms with van der Waals surface area (Å²) in [6.45, 7) is 3.80. The SMILES string of the molecule is CC(O)CC1CCCCCN1CC(O)CC1CCCC1. The van der Waals surface area contributed by atoms with E-state index in [1.54, 1.807) is 0 Å². The lowest BCUT2D eigenvalue weighted by Gasteiger charge is -2.33. The Labute approximate surface area is 124 Å². The van der Waals surface area contributed by atoms with E-state index in [-0.39, 0.29) is 12.2 Å². The minimum atomic E-state index is -0.229. The van der Waals surface area contributed by atoms with Crippen molar-refractivity contribution in [3.05, 3.63) is 0 Å². The third-order valence-corrected chi connectivity index (χ3v) is 5.14. The second kappa shape index (κ2) is 8.35. The Kier molecular flexibility index (Phi) is 6.79. The van der Waals surface area contributed by atoms with Gasteiger partial charge < -0.3 is 10.2 Å². The number of likely N-dealkylation sites (tertiary alicyclic amines) is 1. The number of aliphatic hydroxyl groups is 2. The first-order chi connectivity index (χ1) is 9.65. The zero-order valence-corrected chi connectivity index (χ0v) is 13.1. The van der Waals surface area contributed by atoms with Crippen LogP contribution in [0.5, 0.6) is 0 Å². The lowest BCUT2D eigenvalue weighted by molar-refractivity contribution is 0.0530. The lowest BCUT2D eigenvalue weighted by Crippen LogP contribution is -2.42. The van der Waals surface area contributed by atoms with E-state index in [0.717, 1.165) is 31.8 Å². The molecule has 0 bridgehead atoms. The molecule has 1 saturated heterocycles. The number of hydrogen-bond donors (Lipinski definition) is 2. The van der Waals surface area contributed by atoms with E-state index in [1.807, 2.05) is 6.92 Å². The molecule has 0 spiro atoms. The first kappa shape index (κ1) is 16.3. The highest BCUT2D eigenvalue weighted by atomic mass is 16.3. The van der Waals surface area contributed by atoms with Crippen LogP contribution in [0, 0.1) is 5.92 Å². The Morgan fingerprint density at radius 2 is 1.65 bits per heavy atom. The first-order valence-electron chi connectivity index (χ1n) is 8.75. The van der Waals surface area contributed by atoms with Crippen molar-refractivity contribution in [2.75, 3.05) is 13.1 Å². The standard InChI is InChI=1S/C17H33NO2/c1-14(19)11-16-9-3-2-6-10-18(16)13-17(20)12-15-7-4-5-8-15/h14-17,19-20H,2-13H2,1H3. The van der Waals surface area contributed by atoms with Gasteiger partial charge in [0, 0.05) is 12.6 Å². The monoisotopic (exact) mass is 283 g/mol. The molecule has 1 aliphatic carbocycles. The van der Waals surface area contributed by atoms with Crippen molar-refractivity contribution in [2.24, 2.45) is 5.92 Å². The molecule has 3 heteroatoms. The van der Waals surface area contributed by atoms with Crippen LogP contribution in [-0.2, 0) is 0 Å². The molecule has 3 unspecified atom stereocenters. The number of nitrogens with zero attached hydrogens (tertiary/aromatic N) is 1. The van der Waals surface area contributed by atoms with Crippen LogP contribution in [0.1, 0.15) is 71.1 Å². The van der Waals surface area contributed by atoms with Gasteiger partial charge in [-0.2, -0.15) is 0 Å². The van der Waals surface area contributed by atoms with Crippen molar-refractivity contribution in [3.63, 3.8) is 0 Å². The third kappa shape index (κ3) is 5.34. The third-order valence-electron chi connectivity index (χ3n) is 5.14. The van der Waals surface area contributed by atoms with Gasteiger partial charge in [-0.3, -0.25) is 4.90 Å². The van der Waals surface area contributed by atoms with E-state index in [0.29, 0.717) is 6.04 Å². The molecule has 0 radical (unpaired) electrons. The van der Waals surface area contributed by atoms with Gasteiger partial charge in [-0.25, -0.2) is 0 Å². The number of rotatable bonds is 6. The van der Waals surface area contributed by atoms with Crippen LogP contribution in [0.25, 0.3) is 0 Å². The van der Waals surface area contributed by atoms with E-state index in [9.17, 15) is 10.2 Å². The second-order valence-electron chi connectivity index (χ2n) is 7.12. The predicted octanol–water partition coefficient (Wildman–Crippen LogP) is 2.94. The van der Waals surface area contributed by atoms with Gasteiger partial charge >= 0.3 is 0 Å². The van der Waals surface area contributed by atoms with Crippen LogP contribution in [0.2, 0.25) is 0 Å². The van der Waals surface area contributed by atoms with Gasteiger partial charge in [0.2, 0.25) is 0 Å². The van der Waals surface area contributed by atoms with Crippen molar-refractivity contribution < 1.29 is 10.2 Å². The van der Waals surface area contributed by atoms with Gasteiger partial charge in [0.1, 0.15) is 0 Å². The predicted molar refractivity (Wildman–Crippen MR) is 82.7 cm³/mol. The van der Waals surface area contributed by atoms with Crippen LogP contribution in [0.15, 0.2) is 0 Å². The van der Waals surface area contributed by atoms with E-state index in [4.69, 9.17) is 0 Å². The summed E-state index contributed by atoms with van der Waals surface area (Å²) in [5.74, 6) is 0.757. The fraction of sp³-hybridized carbons (Fsp3) is 1.00. The normalized spacial score (nSPS) is 29.2. The van der Waals surface area contributed by atoms with Crippen molar-refractivity contribution in [1.82, 2.24) is 4.90 Å². The average Bonchev–Trinajstić information content (AvgIpc) is 2.79. The molecule has 1 aliphatic heterocycles. The van der Waals surface area contributed by atoms with E-state index < -0.39 is 0 Å². The van der Waals surface area contributed by atoms with Crippen LogP contribution < -0.4 is 0 Å². The highest BCUT2D eigenvalue weighted by Crippen LogP contribution is 2.29. The van der Waals surface area contributed by atoms with Gasteiger partial charge in [0.25, 0.3) is 0 Å². The highest BCUT2D eigenvalue weighted by molar-refractivity contribution is 4.80. The molecule has 1 saturated carbocycles. The molecule has 3 atom stereocenters. The molecular weight excluding hydrogens is 250 g/mol. The van der Waals surface area contributed by atoms with Gasteiger partial charge in [0.05, 0.1) is 12.2 Å². The molecule has 118 valence electrons. The van der Waals surface area contributed by atoms with E-state index >= 15 is 0 Å². The summed E-state index contributed by atoms with van der Waals surface area (Å²) < 4.78 is 0. The largest absolute Gasteiger partial charge is 0.393 e. The maximum Gasteiger partial charge on any atom is 0.0669 e. The Morgan fingerprint density at radius 1 is 0.950 bits per heavy atom. The molecule has 1 heterocycles. The summed E-state index contributed by atoms with van der Waals surface area (Å²) in [7, 11) is 0. The summed E-state index contributed by atoms with van der Waals surface area (Å²) in [6, 6.07) is 0.468. The summed E-state index contributed by atoms with van der Waals surface area (Å²) in [4.78, 5) is 2.46. The van der Waals surface area contributed by atoms with Crippen molar-refractivity contribution in [1.29, 1.82) is 0 Å². The van der Waals surface area contributed by atoms with Gasteiger partial charge in [0.15, 0.2) is 0 Å². The second-order valence-corrected chi connectivity index (χ2v) is 7.12. The van der Waals surface area contributed by atoms with Crippen molar-refractivity contribution in [3.8, 4) is 0 Å². The Bertz CT molecular complexity index is 264. The van der Waals surface area contributed by atoms with Gasteiger partial charge in [-0.05, 0) is 45.1 Å². The number of β-amino-alcohol motifs (C(OH)–C–C–N with tert-alkyl or cyclic N) is 1. The summed E-state index contributed by atoms with van der Waals surface area (Å²) >= 11 is 0. The quantitative estimate of drug-likeness (QED) is 0.787. The molecule has 2 N–H and O–H groups in total. The maximum absolute atomic E-state index is 10.4. The Hall–Kier alpha value is -0.120.